The molecule has 0 saturated carbocycles. The van der Waals surface area contributed by atoms with Gasteiger partial charge in [0.05, 0.1) is 12.5 Å². The minimum atomic E-state index is -1.80. The van der Waals surface area contributed by atoms with Crippen LogP contribution in [0.5, 0.6) is 0 Å². The zero-order valence-corrected chi connectivity index (χ0v) is 20.2. The molecule has 1 aromatic carbocycles. The summed E-state index contributed by atoms with van der Waals surface area (Å²) in [5.41, 5.74) is 5.16. The van der Waals surface area contributed by atoms with Crippen LogP contribution in [0.15, 0.2) is 18.2 Å². The summed E-state index contributed by atoms with van der Waals surface area (Å²) in [4.78, 5) is 12.6. The van der Waals surface area contributed by atoms with Crippen molar-refractivity contribution < 1.29 is 14.0 Å². The summed E-state index contributed by atoms with van der Waals surface area (Å²) < 4.78 is 11.9. The van der Waals surface area contributed by atoms with Crippen molar-refractivity contribution in [2.24, 2.45) is 0 Å². The highest BCUT2D eigenvalue weighted by Gasteiger charge is 2.50. The molecule has 2 rings (SSSR count). The van der Waals surface area contributed by atoms with Crippen LogP contribution >= 0.6 is 0 Å². The maximum Gasteiger partial charge on any atom is 0.316 e. The third kappa shape index (κ3) is 3.95. The zero-order chi connectivity index (χ0) is 21.1. The van der Waals surface area contributed by atoms with Gasteiger partial charge in [0.15, 0.2) is 8.32 Å². The number of esters is 1. The molecular formula is C24H40O3Si. The summed E-state index contributed by atoms with van der Waals surface area (Å²) >= 11 is 0. The van der Waals surface area contributed by atoms with Gasteiger partial charge < -0.3 is 9.16 Å². The molecule has 1 aliphatic carbocycles. The highest BCUT2D eigenvalue weighted by atomic mass is 28.4. The van der Waals surface area contributed by atoms with Crippen molar-refractivity contribution >= 4 is 14.3 Å². The molecule has 0 bridgehead atoms. The van der Waals surface area contributed by atoms with E-state index in [9.17, 15) is 4.79 Å². The summed E-state index contributed by atoms with van der Waals surface area (Å²) in [6.07, 6.45) is 3.65. The van der Waals surface area contributed by atoms with E-state index in [0.717, 1.165) is 32.3 Å². The number of aryl methyl sites for hydroxylation is 1. The van der Waals surface area contributed by atoms with Crippen molar-refractivity contribution in [1.82, 2.24) is 0 Å². The van der Waals surface area contributed by atoms with Crippen LogP contribution in [-0.4, -0.2) is 28.0 Å². The third-order valence-corrected chi connectivity index (χ3v) is 13.2. The van der Waals surface area contributed by atoms with E-state index in [4.69, 9.17) is 9.16 Å². The first kappa shape index (κ1) is 23.1. The van der Waals surface area contributed by atoms with Gasteiger partial charge in [0.2, 0.25) is 0 Å². The van der Waals surface area contributed by atoms with Gasteiger partial charge in [-0.3, -0.25) is 4.79 Å². The molecule has 0 N–H and O–H groups in total. The van der Waals surface area contributed by atoms with Gasteiger partial charge in [-0.25, -0.2) is 0 Å². The molecule has 0 fully saturated rings. The van der Waals surface area contributed by atoms with E-state index in [1.165, 1.54) is 23.8 Å². The van der Waals surface area contributed by atoms with Crippen LogP contribution in [0, 0.1) is 6.92 Å². The van der Waals surface area contributed by atoms with E-state index >= 15 is 0 Å². The van der Waals surface area contributed by atoms with Gasteiger partial charge in [-0.1, -0.05) is 59.7 Å². The molecular weight excluding hydrogens is 364 g/mol. The molecule has 28 heavy (non-hydrogen) atoms. The van der Waals surface area contributed by atoms with Gasteiger partial charge in [0, 0.05) is 6.61 Å². The first-order valence-electron chi connectivity index (χ1n) is 10.9. The number of hydrogen-bond acceptors (Lipinski definition) is 3. The molecule has 4 heteroatoms. The number of benzene rings is 1. The normalized spacial score (nSPS) is 19.1. The maximum absolute atomic E-state index is 12.6. The predicted octanol–water partition coefficient (Wildman–Crippen LogP) is 6.32. The van der Waals surface area contributed by atoms with Crippen molar-refractivity contribution in [3.8, 4) is 0 Å². The largest absolute Gasteiger partial charge is 0.468 e. The lowest BCUT2D eigenvalue weighted by molar-refractivity contribution is -0.149. The molecule has 0 aliphatic heterocycles. The standard InChI is InChI=1S/C24H40O3Si/c1-17(2)28(18(3)4,19(5)6)27-15-10-9-14-24(23(25)26-8)16-21-20(7)12-11-13-22(21)24/h11-13,17-19H,9-10,14-16H2,1-8H3. The molecule has 0 radical (unpaired) electrons. The minimum absolute atomic E-state index is 0.0817. The number of hydrogen-bond donors (Lipinski definition) is 0. The van der Waals surface area contributed by atoms with Crippen molar-refractivity contribution in [3.05, 3.63) is 34.9 Å². The second-order valence-corrected chi connectivity index (χ2v) is 14.9. The van der Waals surface area contributed by atoms with Gasteiger partial charge >= 0.3 is 5.97 Å². The van der Waals surface area contributed by atoms with Crippen LogP contribution in [0.2, 0.25) is 16.6 Å². The number of unbranched alkanes of at least 4 members (excludes halogenated alkanes) is 1. The average molecular weight is 405 g/mol. The van der Waals surface area contributed by atoms with Crippen molar-refractivity contribution in [2.75, 3.05) is 13.7 Å². The third-order valence-electron chi connectivity index (χ3n) is 7.04. The molecule has 0 amide bonds. The Balaban J connectivity index is 2.00. The molecule has 0 aromatic heterocycles. The highest BCUT2D eigenvalue weighted by molar-refractivity contribution is 6.77. The summed E-state index contributed by atoms with van der Waals surface area (Å²) in [6, 6.07) is 6.29. The lowest BCUT2D eigenvalue weighted by atomic mass is 9.60. The number of fused-ring (bicyclic) bond motifs is 1. The Bertz CT molecular complexity index is 659. The van der Waals surface area contributed by atoms with Crippen molar-refractivity contribution in [1.29, 1.82) is 0 Å². The fourth-order valence-corrected chi connectivity index (χ4v) is 11.2. The molecule has 1 atom stereocenters. The maximum atomic E-state index is 12.6. The summed E-state index contributed by atoms with van der Waals surface area (Å²) in [7, 11) is -0.294. The molecule has 0 spiro atoms. The summed E-state index contributed by atoms with van der Waals surface area (Å²) in [5, 5.41) is 0. The summed E-state index contributed by atoms with van der Waals surface area (Å²) in [6.45, 7) is 16.9. The zero-order valence-electron chi connectivity index (χ0n) is 19.2. The van der Waals surface area contributed by atoms with Crippen molar-refractivity contribution in [3.63, 3.8) is 0 Å². The molecule has 1 aromatic rings. The lowest BCUT2D eigenvalue weighted by Crippen LogP contribution is -2.48. The fourth-order valence-electron chi connectivity index (χ4n) is 5.66. The van der Waals surface area contributed by atoms with E-state index < -0.39 is 13.7 Å². The Morgan fingerprint density at radius 1 is 1.07 bits per heavy atom. The first-order valence-corrected chi connectivity index (χ1v) is 13.1. The molecule has 3 nitrogen and oxygen atoms in total. The Kier molecular flexibility index (Phi) is 7.54. The van der Waals surface area contributed by atoms with Crippen molar-refractivity contribution in [2.45, 2.75) is 96.2 Å². The quantitative estimate of drug-likeness (QED) is 0.260. The van der Waals surface area contributed by atoms with E-state index in [2.05, 4.69) is 66.7 Å². The topological polar surface area (TPSA) is 35.5 Å². The Morgan fingerprint density at radius 2 is 1.68 bits per heavy atom. The van der Waals surface area contributed by atoms with Gasteiger partial charge in [-0.15, -0.1) is 0 Å². The molecule has 0 heterocycles. The summed E-state index contributed by atoms with van der Waals surface area (Å²) in [5.74, 6) is -0.0817. The first-order chi connectivity index (χ1) is 13.1. The van der Waals surface area contributed by atoms with Crippen LogP contribution < -0.4 is 0 Å². The second kappa shape index (κ2) is 9.13. The van der Waals surface area contributed by atoms with Gasteiger partial charge in [0.25, 0.3) is 0 Å². The number of methoxy groups -OCH3 is 1. The number of carbonyl (C=O) groups excluding carboxylic acids is 1. The monoisotopic (exact) mass is 404 g/mol. The van der Waals surface area contributed by atoms with Crippen LogP contribution in [0.4, 0.5) is 0 Å². The van der Waals surface area contributed by atoms with E-state index in [1.54, 1.807) is 0 Å². The molecule has 0 saturated heterocycles. The number of carbonyl (C=O) groups is 1. The van der Waals surface area contributed by atoms with Crippen LogP contribution in [0.1, 0.15) is 77.5 Å². The number of ether oxygens (including phenoxy) is 1. The fraction of sp³-hybridized carbons (Fsp3) is 0.708. The highest BCUT2D eigenvalue weighted by Crippen LogP contribution is 2.47. The van der Waals surface area contributed by atoms with E-state index in [0.29, 0.717) is 16.6 Å². The van der Waals surface area contributed by atoms with E-state index in [1.807, 2.05) is 0 Å². The second-order valence-electron chi connectivity index (χ2n) is 9.47. The average Bonchev–Trinajstić information content (AvgIpc) is 2.61. The van der Waals surface area contributed by atoms with Gasteiger partial charge in [0.1, 0.15) is 0 Å². The molecule has 1 unspecified atom stereocenters. The van der Waals surface area contributed by atoms with Crippen LogP contribution in [0.25, 0.3) is 0 Å². The van der Waals surface area contributed by atoms with Crippen LogP contribution in [-0.2, 0) is 25.8 Å². The van der Waals surface area contributed by atoms with Gasteiger partial charge in [-0.2, -0.15) is 0 Å². The van der Waals surface area contributed by atoms with Crippen LogP contribution in [0.3, 0.4) is 0 Å². The number of rotatable bonds is 10. The molecule has 1 aliphatic rings. The van der Waals surface area contributed by atoms with Gasteiger partial charge in [-0.05, 0) is 65.9 Å². The Morgan fingerprint density at radius 3 is 2.21 bits per heavy atom. The predicted molar refractivity (Wildman–Crippen MR) is 119 cm³/mol. The minimum Gasteiger partial charge on any atom is -0.468 e. The molecule has 158 valence electrons. The SMILES string of the molecule is COC(=O)C1(CCCCO[Si](C(C)C)(C(C)C)C(C)C)Cc2c(C)cccc21. The smallest absolute Gasteiger partial charge is 0.316 e. The van der Waals surface area contributed by atoms with E-state index in [-0.39, 0.29) is 5.97 Å². The Labute approximate surface area is 173 Å². The lowest BCUT2D eigenvalue weighted by Gasteiger charge is -2.43. The Hall–Kier alpha value is -1.13.